The largest absolute Gasteiger partial charge is 0.479 e. The number of rotatable bonds is 4. The second-order valence-corrected chi connectivity index (χ2v) is 12.2. The predicted octanol–water partition coefficient (Wildman–Crippen LogP) is 5.48. The molecule has 0 bridgehead atoms. The van der Waals surface area contributed by atoms with Gasteiger partial charge in [0, 0.05) is 67.2 Å². The highest BCUT2D eigenvalue weighted by Crippen LogP contribution is 2.40. The van der Waals surface area contributed by atoms with Crippen LogP contribution in [0.15, 0.2) is 47.6 Å². The standard InChI is InChI=1S/C30H32Cl2N8O3/c1-30(2,3)43-29(41)39-13-11-38(12-14-39)24-8-7-23(27(36-24)42-4)35-28-34-17-18-15-21(20-6-5-19(31)16-22(20)32)26-33-9-10-40(26)25(18)37-28/h5-8,15-17,33H,9-14H2,1-4H3. The van der Waals surface area contributed by atoms with Crippen LogP contribution in [0.4, 0.5) is 22.1 Å². The van der Waals surface area contributed by atoms with Crippen molar-refractivity contribution >= 4 is 46.6 Å². The maximum Gasteiger partial charge on any atom is 0.410 e. The number of halogens is 2. The number of fused-ring (bicyclic) bond motifs is 3. The lowest BCUT2D eigenvalue weighted by Crippen LogP contribution is -2.50. The molecule has 224 valence electrons. The monoisotopic (exact) mass is 622 g/mol. The van der Waals surface area contributed by atoms with Gasteiger partial charge in [0.05, 0.1) is 12.1 Å². The van der Waals surface area contributed by atoms with E-state index in [1.165, 1.54) is 0 Å². The second kappa shape index (κ2) is 11.5. The third-order valence-corrected chi connectivity index (χ3v) is 7.76. The number of carbonyl (C=O) groups is 1. The minimum Gasteiger partial charge on any atom is -0.479 e. The summed E-state index contributed by atoms with van der Waals surface area (Å²) >= 11 is 12.7. The zero-order valence-electron chi connectivity index (χ0n) is 24.4. The molecule has 2 aromatic rings. The molecule has 0 spiro atoms. The lowest BCUT2D eigenvalue weighted by molar-refractivity contribution is 0.0240. The number of nitrogens with one attached hydrogen (secondary N) is 1. The maximum absolute atomic E-state index is 12.4. The topological polar surface area (TPSA) is 110 Å². The Hall–Kier alpha value is -4.09. The first-order valence-corrected chi connectivity index (χ1v) is 14.8. The zero-order valence-corrected chi connectivity index (χ0v) is 25.9. The van der Waals surface area contributed by atoms with E-state index >= 15 is 0 Å². The van der Waals surface area contributed by atoms with Crippen LogP contribution >= 0.6 is 23.2 Å². The summed E-state index contributed by atoms with van der Waals surface area (Å²) in [6, 6.07) is 11.3. The summed E-state index contributed by atoms with van der Waals surface area (Å²) in [5.41, 5.74) is 2.97. The van der Waals surface area contributed by atoms with Gasteiger partial charge in [0.25, 0.3) is 5.62 Å². The molecule has 5 heterocycles. The molecule has 0 unspecified atom stereocenters. The molecule has 13 heteroatoms. The Morgan fingerprint density at radius 3 is 2.51 bits per heavy atom. The van der Waals surface area contributed by atoms with Crippen molar-refractivity contribution in [3.8, 4) is 28.4 Å². The van der Waals surface area contributed by atoms with Gasteiger partial charge in [0.15, 0.2) is 0 Å². The SMILES string of the molecule is COc1nc(N2CCN(C(=O)OC(C)(C)C)CC2)ccc1N=c1ncc2cc(-c3ccc(Cl)cc3Cl)c3n(c-2n1)CCN3. The van der Waals surface area contributed by atoms with Crippen LogP contribution in [0.5, 0.6) is 5.88 Å². The average molecular weight is 624 g/mol. The van der Waals surface area contributed by atoms with E-state index in [4.69, 9.17) is 42.6 Å². The fourth-order valence-corrected chi connectivity index (χ4v) is 5.73. The van der Waals surface area contributed by atoms with Crippen LogP contribution in [0.25, 0.3) is 22.5 Å². The Balaban J connectivity index is 1.27. The van der Waals surface area contributed by atoms with Crippen molar-refractivity contribution in [3.05, 3.63) is 58.3 Å². The van der Waals surface area contributed by atoms with Gasteiger partial charge in [-0.1, -0.05) is 29.3 Å². The third-order valence-electron chi connectivity index (χ3n) is 7.21. The van der Waals surface area contributed by atoms with E-state index in [-0.39, 0.29) is 6.09 Å². The molecule has 0 radical (unpaired) electrons. The maximum atomic E-state index is 12.4. The van der Waals surface area contributed by atoms with Gasteiger partial charge in [-0.3, -0.25) is 0 Å². The van der Waals surface area contributed by atoms with E-state index in [0.29, 0.717) is 53.4 Å². The van der Waals surface area contributed by atoms with Gasteiger partial charge in [-0.15, -0.1) is 0 Å². The summed E-state index contributed by atoms with van der Waals surface area (Å²) in [5, 5.41) is 4.62. The van der Waals surface area contributed by atoms with Crippen LogP contribution in [-0.2, 0) is 11.3 Å². The van der Waals surface area contributed by atoms with Gasteiger partial charge >= 0.3 is 6.09 Å². The predicted molar refractivity (Wildman–Crippen MR) is 167 cm³/mol. The number of nitrogens with zero attached hydrogens (tertiary/aromatic N) is 7. The number of hydrogen-bond acceptors (Lipinski definition) is 9. The quantitative estimate of drug-likeness (QED) is 0.319. The summed E-state index contributed by atoms with van der Waals surface area (Å²) in [6.45, 7) is 9.43. The summed E-state index contributed by atoms with van der Waals surface area (Å²) < 4.78 is 13.2. The summed E-state index contributed by atoms with van der Waals surface area (Å²) in [6.07, 6.45) is 1.46. The van der Waals surface area contributed by atoms with Gasteiger partial charge in [0.2, 0.25) is 5.88 Å². The van der Waals surface area contributed by atoms with Crippen molar-refractivity contribution in [1.29, 1.82) is 0 Å². The van der Waals surface area contributed by atoms with E-state index in [9.17, 15) is 4.79 Å². The molecule has 0 atom stereocenters. The smallest absolute Gasteiger partial charge is 0.410 e. The van der Waals surface area contributed by atoms with Crippen LogP contribution in [0.3, 0.4) is 0 Å². The van der Waals surface area contributed by atoms with Crippen LogP contribution in [0.1, 0.15) is 20.8 Å². The number of amides is 1. The zero-order chi connectivity index (χ0) is 30.3. The molecule has 6 rings (SSSR count). The van der Waals surface area contributed by atoms with Crippen molar-refractivity contribution in [2.45, 2.75) is 32.9 Å². The Morgan fingerprint density at radius 1 is 1.00 bits per heavy atom. The summed E-state index contributed by atoms with van der Waals surface area (Å²) in [5.74, 6) is 2.79. The van der Waals surface area contributed by atoms with Crippen molar-refractivity contribution in [3.63, 3.8) is 0 Å². The molecule has 1 aromatic carbocycles. The molecular formula is C30H32Cl2N8O3. The van der Waals surface area contributed by atoms with E-state index in [1.54, 1.807) is 24.3 Å². The highest BCUT2D eigenvalue weighted by molar-refractivity contribution is 6.36. The lowest BCUT2D eigenvalue weighted by atomic mass is 10.0. The van der Waals surface area contributed by atoms with Crippen molar-refractivity contribution in [2.24, 2.45) is 4.99 Å². The highest BCUT2D eigenvalue weighted by atomic mass is 35.5. The fraction of sp³-hybridized carbons (Fsp3) is 0.367. The van der Waals surface area contributed by atoms with Crippen molar-refractivity contribution in [2.75, 3.05) is 50.1 Å². The molecule has 11 nitrogen and oxygen atoms in total. The van der Waals surface area contributed by atoms with Gasteiger partial charge in [-0.2, -0.15) is 9.97 Å². The molecule has 1 amide bonds. The lowest BCUT2D eigenvalue weighted by Gasteiger charge is -2.36. The van der Waals surface area contributed by atoms with Gasteiger partial charge in [-0.05, 0) is 51.1 Å². The first-order chi connectivity index (χ1) is 20.6. The Kier molecular flexibility index (Phi) is 7.78. The van der Waals surface area contributed by atoms with Crippen LogP contribution < -0.4 is 20.6 Å². The number of hydrogen-bond donors (Lipinski definition) is 1. The van der Waals surface area contributed by atoms with Crippen molar-refractivity contribution in [1.82, 2.24) is 24.4 Å². The van der Waals surface area contributed by atoms with E-state index < -0.39 is 5.60 Å². The highest BCUT2D eigenvalue weighted by Gasteiger charge is 2.27. The normalized spacial score (nSPS) is 15.4. The number of aromatic nitrogens is 4. The molecule has 0 saturated carbocycles. The number of piperazine rings is 1. The molecule has 43 heavy (non-hydrogen) atoms. The van der Waals surface area contributed by atoms with Gasteiger partial charge in [-0.25, -0.2) is 14.8 Å². The average Bonchev–Trinajstić information content (AvgIpc) is 3.47. The Bertz CT molecular complexity index is 1730. The fourth-order valence-electron chi connectivity index (χ4n) is 5.21. The van der Waals surface area contributed by atoms with Crippen LogP contribution in [0, 0.1) is 0 Å². The molecule has 4 aliphatic heterocycles. The first-order valence-electron chi connectivity index (χ1n) is 14.0. The second-order valence-electron chi connectivity index (χ2n) is 11.3. The van der Waals surface area contributed by atoms with E-state index in [2.05, 4.69) is 24.8 Å². The molecule has 1 saturated heterocycles. The minimum absolute atomic E-state index is 0.296. The molecule has 0 aliphatic carbocycles. The number of anilines is 2. The number of carbonyl (C=O) groups excluding carboxylic acids is 1. The number of methoxy groups -OCH3 is 1. The third kappa shape index (κ3) is 6.05. The number of pyridine rings is 2. The molecule has 4 aliphatic rings. The Labute approximate surface area is 259 Å². The first kappa shape index (κ1) is 29.0. The van der Waals surface area contributed by atoms with E-state index in [1.807, 2.05) is 51.1 Å². The molecule has 1 aromatic heterocycles. The summed E-state index contributed by atoms with van der Waals surface area (Å²) in [4.78, 5) is 35.0. The number of ether oxygens (including phenoxy) is 2. The summed E-state index contributed by atoms with van der Waals surface area (Å²) in [7, 11) is 1.56. The van der Waals surface area contributed by atoms with Crippen molar-refractivity contribution < 1.29 is 14.3 Å². The number of benzene rings is 1. The molecule has 1 N–H and O–H groups in total. The molecular weight excluding hydrogens is 591 g/mol. The van der Waals surface area contributed by atoms with Gasteiger partial charge in [0.1, 0.15) is 28.7 Å². The van der Waals surface area contributed by atoms with Crippen LogP contribution in [0.2, 0.25) is 10.0 Å². The van der Waals surface area contributed by atoms with Gasteiger partial charge < -0.3 is 29.2 Å². The van der Waals surface area contributed by atoms with E-state index in [0.717, 1.165) is 47.2 Å². The minimum atomic E-state index is -0.526. The van der Waals surface area contributed by atoms with Crippen LogP contribution in [-0.4, -0.2) is 75.9 Å². The Morgan fingerprint density at radius 2 is 1.79 bits per heavy atom. The molecule has 1 fully saturated rings.